The molecule has 0 fully saturated rings. The second-order valence-corrected chi connectivity index (χ2v) is 4.39. The van der Waals surface area contributed by atoms with Gasteiger partial charge in [0.15, 0.2) is 0 Å². The van der Waals surface area contributed by atoms with Crippen molar-refractivity contribution >= 4 is 22.5 Å². The molecule has 1 amide bonds. The number of anilines is 1. The average Bonchev–Trinajstić information content (AvgIpc) is 2.48. The standard InChI is InChI=1S/C15H11N3O3/c19-13-10-3-1-2-4-11(10)18-15(21)12(13)14(20)17-9-5-7-16-8-6-9/h1-8H,(H,16,17,20)(H2,18,19,21)/p-1. The van der Waals surface area contributed by atoms with Gasteiger partial charge in [-0.3, -0.25) is 14.6 Å². The first-order valence-electron chi connectivity index (χ1n) is 6.20. The molecule has 3 aromatic rings. The minimum atomic E-state index is -0.738. The number of benzene rings is 1. The molecule has 21 heavy (non-hydrogen) atoms. The molecule has 0 aliphatic carbocycles. The number of hydrogen-bond acceptors (Lipinski definition) is 4. The van der Waals surface area contributed by atoms with Crippen molar-refractivity contribution in [3.05, 3.63) is 64.7 Å². The van der Waals surface area contributed by atoms with Crippen LogP contribution in [-0.4, -0.2) is 15.9 Å². The molecule has 0 radical (unpaired) electrons. The van der Waals surface area contributed by atoms with E-state index in [4.69, 9.17) is 0 Å². The minimum Gasteiger partial charge on any atom is -0.871 e. The normalized spacial score (nSPS) is 10.5. The molecule has 3 rings (SSSR count). The molecule has 104 valence electrons. The number of carbonyl (C=O) groups is 1. The highest BCUT2D eigenvalue weighted by Gasteiger charge is 2.14. The van der Waals surface area contributed by atoms with Gasteiger partial charge in [0.1, 0.15) is 0 Å². The van der Waals surface area contributed by atoms with Crippen LogP contribution in [0.4, 0.5) is 5.69 Å². The van der Waals surface area contributed by atoms with E-state index in [2.05, 4.69) is 15.3 Å². The number of para-hydroxylation sites is 1. The van der Waals surface area contributed by atoms with Crippen LogP contribution in [0.1, 0.15) is 10.4 Å². The first-order chi connectivity index (χ1) is 10.2. The van der Waals surface area contributed by atoms with E-state index in [0.29, 0.717) is 16.6 Å². The van der Waals surface area contributed by atoms with Gasteiger partial charge in [-0.2, -0.15) is 0 Å². The van der Waals surface area contributed by atoms with E-state index in [-0.39, 0.29) is 0 Å². The molecule has 6 nitrogen and oxygen atoms in total. The largest absolute Gasteiger partial charge is 0.871 e. The van der Waals surface area contributed by atoms with Gasteiger partial charge in [-0.25, -0.2) is 0 Å². The van der Waals surface area contributed by atoms with Crippen molar-refractivity contribution in [2.45, 2.75) is 0 Å². The molecule has 2 N–H and O–H groups in total. The van der Waals surface area contributed by atoms with Crippen LogP contribution in [0.15, 0.2) is 53.6 Å². The van der Waals surface area contributed by atoms with Gasteiger partial charge in [-0.1, -0.05) is 23.9 Å². The summed E-state index contributed by atoms with van der Waals surface area (Å²) in [6, 6.07) is 9.69. The van der Waals surface area contributed by atoms with Gasteiger partial charge in [0.05, 0.1) is 5.56 Å². The molecule has 0 unspecified atom stereocenters. The summed E-state index contributed by atoms with van der Waals surface area (Å²) in [6.45, 7) is 0. The zero-order valence-electron chi connectivity index (χ0n) is 10.8. The molecular weight excluding hydrogens is 270 g/mol. The highest BCUT2D eigenvalue weighted by molar-refractivity contribution is 6.08. The van der Waals surface area contributed by atoms with E-state index in [9.17, 15) is 14.7 Å². The second kappa shape index (κ2) is 5.09. The van der Waals surface area contributed by atoms with Crippen LogP contribution in [0, 0.1) is 0 Å². The van der Waals surface area contributed by atoms with E-state index >= 15 is 0 Å². The van der Waals surface area contributed by atoms with Crippen molar-refractivity contribution in [3.63, 3.8) is 0 Å². The Labute approximate surface area is 119 Å². The maximum absolute atomic E-state index is 12.3. The number of fused-ring (bicyclic) bond motifs is 1. The monoisotopic (exact) mass is 280 g/mol. The number of carbonyl (C=O) groups excluding carboxylic acids is 1. The number of aromatic nitrogens is 2. The molecule has 6 heteroatoms. The van der Waals surface area contributed by atoms with Crippen LogP contribution in [0.2, 0.25) is 0 Å². The van der Waals surface area contributed by atoms with Gasteiger partial charge in [-0.15, -0.1) is 0 Å². The predicted molar refractivity (Wildman–Crippen MR) is 76.2 cm³/mol. The van der Waals surface area contributed by atoms with Crippen molar-refractivity contribution in [3.8, 4) is 5.75 Å². The van der Waals surface area contributed by atoms with Gasteiger partial charge in [0.2, 0.25) is 0 Å². The number of amides is 1. The maximum atomic E-state index is 12.3. The zero-order chi connectivity index (χ0) is 14.8. The van der Waals surface area contributed by atoms with E-state index in [1.54, 1.807) is 36.4 Å². The molecule has 2 heterocycles. The minimum absolute atomic E-state index is 0.303. The fraction of sp³-hybridized carbons (Fsp3) is 0. The third-order valence-electron chi connectivity index (χ3n) is 3.04. The Hall–Kier alpha value is -3.15. The van der Waals surface area contributed by atoms with Crippen LogP contribution in [-0.2, 0) is 0 Å². The maximum Gasteiger partial charge on any atom is 0.260 e. The Kier molecular flexibility index (Phi) is 3.12. The summed E-state index contributed by atoms with van der Waals surface area (Å²) in [6.07, 6.45) is 3.00. The third kappa shape index (κ3) is 2.34. The van der Waals surface area contributed by atoms with Gasteiger partial charge in [0, 0.05) is 23.6 Å². The number of nitrogens with one attached hydrogen (secondary N) is 2. The number of H-pyrrole nitrogens is 1. The average molecular weight is 280 g/mol. The Bertz CT molecular complexity index is 872. The molecular formula is C15H10N3O3-. The highest BCUT2D eigenvalue weighted by Crippen LogP contribution is 2.22. The number of hydrogen-bond donors (Lipinski definition) is 2. The second-order valence-electron chi connectivity index (χ2n) is 4.39. The van der Waals surface area contributed by atoms with E-state index in [1.807, 2.05) is 0 Å². The predicted octanol–water partition coefficient (Wildman–Crippen LogP) is 1.25. The molecule has 0 aliphatic heterocycles. The van der Waals surface area contributed by atoms with Gasteiger partial charge < -0.3 is 15.4 Å². The summed E-state index contributed by atoms with van der Waals surface area (Å²) < 4.78 is 0. The van der Waals surface area contributed by atoms with E-state index in [0.717, 1.165) is 0 Å². The SMILES string of the molecule is O=C(Nc1ccncc1)c1c([O-])c2ccccc2[nH]c1=O. The number of rotatable bonds is 2. The molecule has 0 aliphatic rings. The van der Waals surface area contributed by atoms with E-state index in [1.165, 1.54) is 12.4 Å². The van der Waals surface area contributed by atoms with E-state index < -0.39 is 22.8 Å². The lowest BCUT2D eigenvalue weighted by Crippen LogP contribution is -2.25. The van der Waals surface area contributed by atoms with Crippen LogP contribution < -0.4 is 16.0 Å². The summed E-state index contributed by atoms with van der Waals surface area (Å²) in [5, 5.41) is 15.1. The Morgan fingerprint density at radius 3 is 2.62 bits per heavy atom. The number of nitrogens with zero attached hydrogens (tertiary/aromatic N) is 1. The molecule has 0 atom stereocenters. The fourth-order valence-corrected chi connectivity index (χ4v) is 2.05. The summed E-state index contributed by atoms with van der Waals surface area (Å²) in [7, 11) is 0. The van der Waals surface area contributed by atoms with Crippen molar-refractivity contribution in [2.75, 3.05) is 5.32 Å². The lowest BCUT2D eigenvalue weighted by atomic mass is 10.1. The van der Waals surface area contributed by atoms with Crippen LogP contribution in [0.3, 0.4) is 0 Å². The van der Waals surface area contributed by atoms with Gasteiger partial charge in [0.25, 0.3) is 11.5 Å². The quantitative estimate of drug-likeness (QED) is 0.738. The van der Waals surface area contributed by atoms with Crippen LogP contribution in [0.5, 0.6) is 5.75 Å². The Morgan fingerprint density at radius 2 is 1.86 bits per heavy atom. The number of pyridine rings is 2. The Morgan fingerprint density at radius 1 is 1.14 bits per heavy atom. The summed E-state index contributed by atoms with van der Waals surface area (Å²) in [5.74, 6) is -1.32. The molecule has 1 aromatic carbocycles. The zero-order valence-corrected chi connectivity index (χ0v) is 10.8. The molecule has 0 saturated carbocycles. The summed E-state index contributed by atoms with van der Waals surface area (Å²) >= 11 is 0. The molecule has 0 spiro atoms. The summed E-state index contributed by atoms with van der Waals surface area (Å²) in [4.78, 5) is 30.5. The van der Waals surface area contributed by atoms with Gasteiger partial charge >= 0.3 is 0 Å². The van der Waals surface area contributed by atoms with Crippen molar-refractivity contribution in [1.82, 2.24) is 9.97 Å². The summed E-state index contributed by atoms with van der Waals surface area (Å²) in [5.41, 5.74) is -0.259. The first-order valence-corrected chi connectivity index (χ1v) is 6.20. The highest BCUT2D eigenvalue weighted by atomic mass is 16.3. The van der Waals surface area contributed by atoms with Crippen molar-refractivity contribution in [1.29, 1.82) is 0 Å². The first kappa shape index (κ1) is 12.9. The molecule has 2 aromatic heterocycles. The topological polar surface area (TPSA) is 97.9 Å². The van der Waals surface area contributed by atoms with Gasteiger partial charge in [-0.05, 0) is 23.6 Å². The Balaban J connectivity index is 2.08. The van der Waals surface area contributed by atoms with Crippen LogP contribution >= 0.6 is 0 Å². The smallest absolute Gasteiger partial charge is 0.260 e. The van der Waals surface area contributed by atoms with Crippen molar-refractivity contribution in [2.24, 2.45) is 0 Å². The fourth-order valence-electron chi connectivity index (χ4n) is 2.05. The lowest BCUT2D eigenvalue weighted by Gasteiger charge is -2.15. The molecule has 0 bridgehead atoms. The van der Waals surface area contributed by atoms with Crippen molar-refractivity contribution < 1.29 is 9.90 Å². The lowest BCUT2D eigenvalue weighted by molar-refractivity contribution is -0.266. The third-order valence-corrected chi connectivity index (χ3v) is 3.04. The van der Waals surface area contributed by atoms with Crippen LogP contribution in [0.25, 0.3) is 10.9 Å². The molecule has 0 saturated heterocycles. The number of aromatic amines is 1.